The van der Waals surface area contributed by atoms with Gasteiger partial charge in [-0.25, -0.2) is 0 Å². The van der Waals surface area contributed by atoms with Gasteiger partial charge >= 0.3 is 0 Å². The third kappa shape index (κ3) is 4.77. The predicted octanol–water partition coefficient (Wildman–Crippen LogP) is 11.2. The van der Waals surface area contributed by atoms with E-state index in [1.54, 1.807) is 0 Å². The lowest BCUT2D eigenvalue weighted by molar-refractivity contribution is 0.613. The molecule has 0 aliphatic heterocycles. The first-order valence-corrected chi connectivity index (χ1v) is 15.5. The number of aryl methyl sites for hydroxylation is 1. The minimum atomic E-state index is -0.0489. The Morgan fingerprint density at radius 3 is 2.33 bits per heavy atom. The highest BCUT2D eigenvalue weighted by molar-refractivity contribution is 5.84. The maximum Gasteiger partial charge on any atom is 0.0467 e. The average molecular weight is 546 g/mol. The molecule has 0 N–H and O–H groups in total. The van der Waals surface area contributed by atoms with Crippen LogP contribution in [0.1, 0.15) is 56.2 Å². The van der Waals surface area contributed by atoms with Gasteiger partial charge in [0.15, 0.2) is 0 Å². The van der Waals surface area contributed by atoms with Gasteiger partial charge in [0.2, 0.25) is 0 Å². The normalized spacial score (nSPS) is 18.5. The highest BCUT2D eigenvalue weighted by Crippen LogP contribution is 2.50. The summed E-state index contributed by atoms with van der Waals surface area (Å²) in [5.74, 6) is 0.528. The van der Waals surface area contributed by atoms with Crippen molar-refractivity contribution in [2.75, 3.05) is 4.90 Å². The summed E-state index contributed by atoms with van der Waals surface area (Å²) >= 11 is 0. The molecular weight excluding hydrogens is 506 g/mol. The van der Waals surface area contributed by atoms with Crippen LogP contribution in [0.15, 0.2) is 139 Å². The van der Waals surface area contributed by atoms with Gasteiger partial charge in [0, 0.05) is 28.4 Å². The van der Waals surface area contributed by atoms with Crippen LogP contribution < -0.4 is 4.90 Å². The molecule has 0 aromatic heterocycles. The lowest BCUT2D eigenvalue weighted by Gasteiger charge is -2.29. The topological polar surface area (TPSA) is 3.24 Å². The lowest BCUT2D eigenvalue weighted by atomic mass is 9.82. The molecule has 208 valence electrons. The molecule has 1 nitrogen and oxygen atoms in total. The molecule has 1 unspecified atom stereocenters. The van der Waals surface area contributed by atoms with Gasteiger partial charge < -0.3 is 4.90 Å². The summed E-state index contributed by atoms with van der Waals surface area (Å²) in [5, 5.41) is 0. The Bertz CT molecular complexity index is 1780. The summed E-state index contributed by atoms with van der Waals surface area (Å²) in [4.78, 5) is 2.46. The molecule has 0 heterocycles. The van der Waals surface area contributed by atoms with E-state index in [0.717, 1.165) is 6.42 Å². The Labute approximate surface area is 251 Å². The van der Waals surface area contributed by atoms with Crippen molar-refractivity contribution in [2.24, 2.45) is 5.92 Å². The fourth-order valence-corrected chi connectivity index (χ4v) is 7.09. The molecule has 0 spiro atoms. The summed E-state index contributed by atoms with van der Waals surface area (Å²) < 4.78 is 0. The van der Waals surface area contributed by atoms with Crippen molar-refractivity contribution in [1.29, 1.82) is 0 Å². The summed E-state index contributed by atoms with van der Waals surface area (Å²) in [6.45, 7) is 6.89. The molecule has 0 fully saturated rings. The highest BCUT2D eigenvalue weighted by atomic mass is 15.1. The van der Waals surface area contributed by atoms with E-state index in [1.807, 2.05) is 0 Å². The SMILES string of the molecule is Cc1cccc(-c2cccc(N(C3=CCC=C(C4C=CCCC4)C=C3)c3ccc4c(c3)C(C)(C)c3ccccc3-4)c2)c1. The smallest absolute Gasteiger partial charge is 0.0467 e. The molecular formula is C41H39N. The summed E-state index contributed by atoms with van der Waals surface area (Å²) in [6, 6.07) is 33.8. The van der Waals surface area contributed by atoms with Crippen LogP contribution in [-0.4, -0.2) is 0 Å². The second kappa shape index (κ2) is 10.8. The fourth-order valence-electron chi connectivity index (χ4n) is 7.09. The van der Waals surface area contributed by atoms with Gasteiger partial charge in [-0.2, -0.15) is 0 Å². The Kier molecular flexibility index (Phi) is 6.82. The molecule has 4 aromatic rings. The summed E-state index contributed by atoms with van der Waals surface area (Å²) in [7, 11) is 0. The second-order valence-corrected chi connectivity index (χ2v) is 12.5. The zero-order valence-electron chi connectivity index (χ0n) is 25.0. The molecule has 0 saturated heterocycles. The number of anilines is 2. The van der Waals surface area contributed by atoms with Crippen molar-refractivity contribution < 1.29 is 0 Å². The van der Waals surface area contributed by atoms with Gasteiger partial charge in [0.1, 0.15) is 0 Å². The molecule has 3 aliphatic rings. The third-order valence-corrected chi connectivity index (χ3v) is 9.35. The van der Waals surface area contributed by atoms with E-state index in [1.165, 1.54) is 80.9 Å². The molecule has 3 aliphatic carbocycles. The Morgan fingerprint density at radius 1 is 0.714 bits per heavy atom. The first-order chi connectivity index (χ1) is 20.5. The third-order valence-electron chi connectivity index (χ3n) is 9.35. The van der Waals surface area contributed by atoms with Crippen LogP contribution >= 0.6 is 0 Å². The number of hydrogen-bond acceptors (Lipinski definition) is 1. The number of fused-ring (bicyclic) bond motifs is 3. The van der Waals surface area contributed by atoms with E-state index >= 15 is 0 Å². The Morgan fingerprint density at radius 2 is 1.50 bits per heavy atom. The number of rotatable bonds is 5. The van der Waals surface area contributed by atoms with E-state index < -0.39 is 0 Å². The lowest BCUT2D eigenvalue weighted by Crippen LogP contribution is -2.18. The van der Waals surface area contributed by atoms with Gasteiger partial charge in [-0.1, -0.05) is 117 Å². The van der Waals surface area contributed by atoms with E-state index in [0.29, 0.717) is 5.92 Å². The van der Waals surface area contributed by atoms with Crippen LogP contribution in [-0.2, 0) is 5.41 Å². The summed E-state index contributed by atoms with van der Waals surface area (Å²) in [6.07, 6.45) is 18.9. The Balaban J connectivity index is 1.34. The number of allylic oxidation sites excluding steroid dienone is 7. The molecule has 1 atom stereocenters. The molecule has 1 heteroatoms. The highest BCUT2D eigenvalue weighted by Gasteiger charge is 2.35. The standard InChI is InChI=1S/C41H39N/c1-29-12-9-16-32(26-29)33-17-11-19-35(27-33)42(34-18-10-15-31(22-23-34)30-13-5-4-6-14-30)36-24-25-38-37-20-7-8-21-39(37)41(2,3)40(38)28-36/h5,7-9,11-13,15-28,30H,4,6,10,14H2,1-3H3. The Hall–Kier alpha value is -4.36. The molecule has 0 amide bonds. The van der Waals surface area contributed by atoms with Crippen LogP contribution in [0, 0.1) is 12.8 Å². The minimum absolute atomic E-state index is 0.0489. The van der Waals surface area contributed by atoms with Gasteiger partial charge in [-0.05, 0) is 102 Å². The van der Waals surface area contributed by atoms with Crippen molar-refractivity contribution in [3.8, 4) is 22.3 Å². The maximum absolute atomic E-state index is 2.46. The van der Waals surface area contributed by atoms with E-state index in [4.69, 9.17) is 0 Å². The van der Waals surface area contributed by atoms with Gasteiger partial charge in [-0.15, -0.1) is 0 Å². The predicted molar refractivity (Wildman–Crippen MR) is 179 cm³/mol. The van der Waals surface area contributed by atoms with Crippen molar-refractivity contribution in [3.63, 3.8) is 0 Å². The molecule has 0 radical (unpaired) electrons. The van der Waals surface area contributed by atoms with Crippen LogP contribution in [0.25, 0.3) is 22.3 Å². The van der Waals surface area contributed by atoms with E-state index in [2.05, 4.69) is 153 Å². The summed E-state index contributed by atoms with van der Waals surface area (Å²) in [5.41, 5.74) is 14.3. The zero-order chi connectivity index (χ0) is 28.7. The molecule has 0 saturated carbocycles. The molecule has 4 aromatic carbocycles. The monoisotopic (exact) mass is 545 g/mol. The maximum atomic E-state index is 2.46. The van der Waals surface area contributed by atoms with Crippen LogP contribution in [0.5, 0.6) is 0 Å². The average Bonchev–Trinajstić information content (AvgIpc) is 3.15. The quantitative estimate of drug-likeness (QED) is 0.225. The van der Waals surface area contributed by atoms with Crippen molar-refractivity contribution >= 4 is 11.4 Å². The first-order valence-electron chi connectivity index (χ1n) is 15.5. The van der Waals surface area contributed by atoms with Gasteiger partial charge in [-0.3, -0.25) is 0 Å². The van der Waals surface area contributed by atoms with Crippen molar-refractivity contribution in [2.45, 2.75) is 51.9 Å². The number of nitrogens with zero attached hydrogens (tertiary/aromatic N) is 1. The minimum Gasteiger partial charge on any atom is -0.311 e. The first kappa shape index (κ1) is 26.5. The number of benzene rings is 4. The second-order valence-electron chi connectivity index (χ2n) is 12.5. The van der Waals surface area contributed by atoms with E-state index in [9.17, 15) is 0 Å². The molecule has 0 bridgehead atoms. The molecule has 42 heavy (non-hydrogen) atoms. The number of hydrogen-bond donors (Lipinski definition) is 0. The zero-order valence-corrected chi connectivity index (χ0v) is 25.0. The van der Waals surface area contributed by atoms with Gasteiger partial charge in [0.05, 0.1) is 0 Å². The van der Waals surface area contributed by atoms with Crippen LogP contribution in [0.4, 0.5) is 11.4 Å². The fraction of sp³-hybridized carbons (Fsp3) is 0.220. The van der Waals surface area contributed by atoms with Gasteiger partial charge in [0.25, 0.3) is 0 Å². The van der Waals surface area contributed by atoms with E-state index in [-0.39, 0.29) is 5.41 Å². The molecule has 7 rings (SSSR count). The van der Waals surface area contributed by atoms with Crippen molar-refractivity contribution in [1.82, 2.24) is 0 Å². The largest absolute Gasteiger partial charge is 0.311 e. The van der Waals surface area contributed by atoms with Crippen LogP contribution in [0.2, 0.25) is 0 Å². The van der Waals surface area contributed by atoms with Crippen molar-refractivity contribution in [3.05, 3.63) is 155 Å². The van der Waals surface area contributed by atoms with Crippen LogP contribution in [0.3, 0.4) is 0 Å².